The molecule has 0 unspecified atom stereocenters. The second-order valence-electron chi connectivity index (χ2n) is 8.30. The van der Waals surface area contributed by atoms with Crippen molar-refractivity contribution in [2.45, 2.75) is 43.0 Å². The second-order valence-corrected chi connectivity index (χ2v) is 11.0. The molecule has 1 fully saturated rings. The van der Waals surface area contributed by atoms with Gasteiger partial charge >= 0.3 is 6.18 Å². The van der Waals surface area contributed by atoms with Crippen LogP contribution < -0.4 is 4.74 Å². The van der Waals surface area contributed by atoms with E-state index in [0.717, 1.165) is 29.3 Å². The summed E-state index contributed by atoms with van der Waals surface area (Å²) in [5, 5.41) is 4.04. The smallest absolute Gasteiger partial charge is 0.417 e. The van der Waals surface area contributed by atoms with Crippen molar-refractivity contribution >= 4 is 21.4 Å². The predicted molar refractivity (Wildman–Crippen MR) is 128 cm³/mol. The van der Waals surface area contributed by atoms with Crippen molar-refractivity contribution in [1.82, 2.24) is 4.31 Å². The topological polar surface area (TPSA) is 55.8 Å². The highest BCUT2D eigenvalue weighted by Crippen LogP contribution is 2.36. The molecule has 2 heterocycles. The summed E-state index contributed by atoms with van der Waals surface area (Å²) < 4.78 is 80.4. The lowest BCUT2D eigenvalue weighted by Gasteiger charge is -2.26. The van der Waals surface area contributed by atoms with Gasteiger partial charge in [0.25, 0.3) is 0 Å². The Kier molecular flexibility index (Phi) is 8.16. The number of rotatable bonds is 10. The van der Waals surface area contributed by atoms with E-state index in [0.29, 0.717) is 30.9 Å². The number of halogens is 3. The van der Waals surface area contributed by atoms with Gasteiger partial charge in [-0.3, -0.25) is 0 Å². The molecule has 1 aliphatic heterocycles. The lowest BCUT2D eigenvalue weighted by atomic mass is 10.2. The minimum absolute atomic E-state index is 0.0300. The maximum absolute atomic E-state index is 13.6. The number of ether oxygens (including phenoxy) is 2. The SMILES string of the molecule is O=S(=O)(c1ccccc1C(F)(F)F)N(Cc1cccc(OCCc2ccsc2)c1)C[C@@H]1CCCO1. The summed E-state index contributed by atoms with van der Waals surface area (Å²) in [5.74, 6) is 0.572. The Morgan fingerprint density at radius 1 is 1.09 bits per heavy atom. The number of hydrogen-bond acceptors (Lipinski definition) is 5. The average Bonchev–Trinajstić information content (AvgIpc) is 3.53. The lowest BCUT2D eigenvalue weighted by molar-refractivity contribution is -0.139. The van der Waals surface area contributed by atoms with Crippen molar-refractivity contribution < 1.29 is 31.1 Å². The first-order valence-electron chi connectivity index (χ1n) is 11.2. The Bertz CT molecular complexity index is 1210. The van der Waals surface area contributed by atoms with Gasteiger partial charge in [0, 0.05) is 26.1 Å². The molecule has 4 rings (SSSR count). The predicted octanol–water partition coefficient (Wildman–Crippen LogP) is 5.76. The standard InChI is InChI=1S/C25H26F3NO4S2/c26-25(27,28)23-8-1-2-9-24(23)35(30,31)29(17-22-7-4-12-32-22)16-20-5-3-6-21(15-20)33-13-10-19-11-14-34-18-19/h1-3,5-6,8-9,11,14-15,18,22H,4,7,10,12-13,16-17H2/t22-/m0/s1. The Morgan fingerprint density at radius 3 is 2.63 bits per heavy atom. The molecule has 1 aliphatic rings. The van der Waals surface area contributed by atoms with Gasteiger partial charge in [-0.25, -0.2) is 8.42 Å². The molecule has 1 saturated heterocycles. The Morgan fingerprint density at radius 2 is 1.91 bits per heavy atom. The second kappa shape index (κ2) is 11.1. The van der Waals surface area contributed by atoms with Crippen LogP contribution in [0.3, 0.4) is 0 Å². The zero-order valence-corrected chi connectivity index (χ0v) is 20.5. The van der Waals surface area contributed by atoms with Crippen molar-refractivity contribution in [2.75, 3.05) is 19.8 Å². The van der Waals surface area contributed by atoms with Gasteiger partial charge in [-0.05, 0) is 65.1 Å². The molecule has 1 aromatic heterocycles. The van der Waals surface area contributed by atoms with Crippen LogP contribution in [0.4, 0.5) is 13.2 Å². The number of benzene rings is 2. The van der Waals surface area contributed by atoms with Crippen LogP contribution in [0.1, 0.15) is 29.5 Å². The van der Waals surface area contributed by atoms with Gasteiger partial charge in [-0.1, -0.05) is 24.3 Å². The van der Waals surface area contributed by atoms with E-state index in [4.69, 9.17) is 9.47 Å². The summed E-state index contributed by atoms with van der Waals surface area (Å²) in [6.07, 6.45) is -2.99. The van der Waals surface area contributed by atoms with E-state index >= 15 is 0 Å². The fraction of sp³-hybridized carbons (Fsp3) is 0.360. The molecule has 0 aliphatic carbocycles. The van der Waals surface area contributed by atoms with E-state index in [9.17, 15) is 21.6 Å². The molecule has 0 N–H and O–H groups in total. The average molecular weight is 526 g/mol. The van der Waals surface area contributed by atoms with Crippen molar-refractivity contribution in [3.05, 3.63) is 82.0 Å². The van der Waals surface area contributed by atoms with Gasteiger partial charge in [0.15, 0.2) is 0 Å². The van der Waals surface area contributed by atoms with Crippen molar-refractivity contribution in [2.24, 2.45) is 0 Å². The molecule has 5 nitrogen and oxygen atoms in total. The van der Waals surface area contributed by atoms with Gasteiger partial charge < -0.3 is 9.47 Å². The summed E-state index contributed by atoms with van der Waals surface area (Å²) in [4.78, 5) is -0.756. The van der Waals surface area contributed by atoms with Crippen LogP contribution in [0.2, 0.25) is 0 Å². The van der Waals surface area contributed by atoms with E-state index in [-0.39, 0.29) is 19.2 Å². The van der Waals surface area contributed by atoms with Crippen LogP contribution in [-0.4, -0.2) is 38.6 Å². The van der Waals surface area contributed by atoms with E-state index in [1.807, 2.05) is 16.8 Å². The maximum Gasteiger partial charge on any atom is 0.417 e. The van der Waals surface area contributed by atoms with Crippen molar-refractivity contribution in [1.29, 1.82) is 0 Å². The molecular weight excluding hydrogens is 499 g/mol. The summed E-state index contributed by atoms with van der Waals surface area (Å²) in [6.45, 7) is 0.829. The first-order valence-corrected chi connectivity index (χ1v) is 13.6. The normalized spacial score (nSPS) is 16.6. The monoisotopic (exact) mass is 525 g/mol. The molecule has 0 bridgehead atoms. The molecule has 3 aromatic rings. The molecule has 2 aromatic carbocycles. The van der Waals surface area contributed by atoms with Gasteiger partial charge in [-0.15, -0.1) is 0 Å². The van der Waals surface area contributed by atoms with Crippen LogP contribution in [0.15, 0.2) is 70.3 Å². The molecule has 0 amide bonds. The molecule has 0 spiro atoms. The summed E-state index contributed by atoms with van der Waals surface area (Å²) >= 11 is 1.61. The first kappa shape index (κ1) is 25.7. The zero-order chi connectivity index (χ0) is 24.9. The highest BCUT2D eigenvalue weighted by atomic mass is 32.2. The molecule has 188 valence electrons. The largest absolute Gasteiger partial charge is 0.493 e. The minimum atomic E-state index is -4.80. The van der Waals surface area contributed by atoms with Crippen LogP contribution in [-0.2, 0) is 33.9 Å². The van der Waals surface area contributed by atoms with E-state index in [1.165, 1.54) is 17.7 Å². The lowest BCUT2D eigenvalue weighted by Crippen LogP contribution is -2.37. The van der Waals surface area contributed by atoms with Gasteiger partial charge in [-0.2, -0.15) is 28.8 Å². The Hall–Kier alpha value is -2.40. The molecule has 0 saturated carbocycles. The van der Waals surface area contributed by atoms with E-state index < -0.39 is 26.7 Å². The quantitative estimate of drug-likeness (QED) is 0.338. The maximum atomic E-state index is 13.6. The zero-order valence-electron chi connectivity index (χ0n) is 18.9. The van der Waals surface area contributed by atoms with Crippen LogP contribution in [0.5, 0.6) is 5.75 Å². The molecule has 1 atom stereocenters. The highest BCUT2D eigenvalue weighted by Gasteiger charge is 2.39. The number of sulfonamides is 1. The van der Waals surface area contributed by atoms with E-state index in [1.54, 1.807) is 35.6 Å². The third-order valence-electron chi connectivity index (χ3n) is 5.74. The number of thiophene rings is 1. The number of alkyl halides is 3. The molecule has 35 heavy (non-hydrogen) atoms. The third kappa shape index (κ3) is 6.63. The van der Waals surface area contributed by atoms with Gasteiger partial charge in [0.1, 0.15) is 5.75 Å². The summed E-state index contributed by atoms with van der Waals surface area (Å²) in [5.41, 5.74) is 0.607. The van der Waals surface area contributed by atoms with E-state index in [2.05, 4.69) is 0 Å². The first-order chi connectivity index (χ1) is 16.7. The summed E-state index contributed by atoms with van der Waals surface area (Å²) in [6, 6.07) is 13.3. The Balaban J connectivity index is 1.57. The molecule has 0 radical (unpaired) electrons. The van der Waals surface area contributed by atoms with Gasteiger partial charge in [0.05, 0.1) is 23.2 Å². The molecule has 10 heteroatoms. The van der Waals surface area contributed by atoms with Crippen LogP contribution in [0.25, 0.3) is 0 Å². The fourth-order valence-electron chi connectivity index (χ4n) is 3.99. The number of hydrogen-bond donors (Lipinski definition) is 0. The van der Waals surface area contributed by atoms with Gasteiger partial charge in [0.2, 0.25) is 10.0 Å². The Labute approximate surface area is 207 Å². The fourth-order valence-corrected chi connectivity index (χ4v) is 6.36. The minimum Gasteiger partial charge on any atom is -0.493 e. The van der Waals surface area contributed by atoms with Crippen LogP contribution in [0, 0.1) is 0 Å². The third-order valence-corrected chi connectivity index (χ3v) is 8.34. The van der Waals surface area contributed by atoms with Crippen molar-refractivity contribution in [3.63, 3.8) is 0 Å². The highest BCUT2D eigenvalue weighted by molar-refractivity contribution is 7.89. The van der Waals surface area contributed by atoms with Crippen LogP contribution >= 0.6 is 11.3 Å². The summed E-state index contributed by atoms with van der Waals surface area (Å²) in [7, 11) is -4.47. The molecular formula is C25H26F3NO4S2. The number of nitrogens with zero attached hydrogens (tertiary/aromatic N) is 1. The van der Waals surface area contributed by atoms with Crippen molar-refractivity contribution in [3.8, 4) is 5.75 Å².